The highest BCUT2D eigenvalue weighted by atomic mass is 19.1. The lowest BCUT2D eigenvalue weighted by Crippen LogP contribution is -2.02. The second-order valence-corrected chi connectivity index (χ2v) is 14.2. The van der Waals surface area contributed by atoms with Gasteiger partial charge in [0.2, 0.25) is 0 Å². The molecule has 0 saturated heterocycles. The first-order valence-electron chi connectivity index (χ1n) is 19.0. The van der Waals surface area contributed by atoms with Gasteiger partial charge in [-0.25, -0.2) is 19.3 Å². The number of halogens is 1. The standard InChI is InChI=1S/C51H32FN5/c52-37-27-24-33(25-28-37)42-32-36(51-54-49(34-14-4-1-5-15-34)53-50(55-51)35-16-6-2-7-17-35)26-30-45(42)57-44-23-13-11-21-41(44)47-46(57)31-29-40-39-20-10-12-22-43(39)56(48(40)47)38-18-8-3-9-19-38/h1-32H. The number of para-hydroxylation sites is 3. The molecule has 0 aliphatic carbocycles. The molecule has 268 valence electrons. The van der Waals surface area contributed by atoms with Gasteiger partial charge >= 0.3 is 0 Å². The van der Waals surface area contributed by atoms with Crippen LogP contribution in [0, 0.1) is 5.82 Å². The zero-order valence-electron chi connectivity index (χ0n) is 30.6. The van der Waals surface area contributed by atoms with Gasteiger partial charge in [-0.3, -0.25) is 0 Å². The molecule has 5 nitrogen and oxygen atoms in total. The quantitative estimate of drug-likeness (QED) is 0.171. The van der Waals surface area contributed by atoms with Crippen LogP contribution in [0.15, 0.2) is 194 Å². The molecule has 0 unspecified atom stereocenters. The molecule has 11 rings (SSSR count). The highest BCUT2D eigenvalue weighted by molar-refractivity contribution is 6.26. The van der Waals surface area contributed by atoms with Gasteiger partial charge in [0.05, 0.1) is 27.8 Å². The monoisotopic (exact) mass is 733 g/mol. The molecule has 0 N–H and O–H groups in total. The van der Waals surface area contributed by atoms with Crippen LogP contribution in [0.5, 0.6) is 0 Å². The summed E-state index contributed by atoms with van der Waals surface area (Å²) in [6.45, 7) is 0. The molecule has 0 aliphatic heterocycles. The summed E-state index contributed by atoms with van der Waals surface area (Å²) in [7, 11) is 0. The number of rotatable bonds is 6. The molecule has 3 heterocycles. The number of benzene rings is 8. The van der Waals surface area contributed by atoms with Crippen molar-refractivity contribution >= 4 is 43.6 Å². The van der Waals surface area contributed by atoms with Gasteiger partial charge in [0.25, 0.3) is 0 Å². The van der Waals surface area contributed by atoms with Crippen molar-refractivity contribution in [1.82, 2.24) is 24.1 Å². The van der Waals surface area contributed by atoms with E-state index in [1.807, 2.05) is 72.8 Å². The Labute approximate surface area is 327 Å². The lowest BCUT2D eigenvalue weighted by molar-refractivity contribution is 0.628. The summed E-state index contributed by atoms with van der Waals surface area (Å²) in [6.07, 6.45) is 0. The average molecular weight is 734 g/mol. The van der Waals surface area contributed by atoms with Crippen molar-refractivity contribution in [3.63, 3.8) is 0 Å². The van der Waals surface area contributed by atoms with E-state index in [1.165, 1.54) is 22.9 Å². The minimum absolute atomic E-state index is 0.290. The predicted molar refractivity (Wildman–Crippen MR) is 230 cm³/mol. The summed E-state index contributed by atoms with van der Waals surface area (Å²) in [4.78, 5) is 15.0. The van der Waals surface area contributed by atoms with Crippen LogP contribution in [-0.4, -0.2) is 24.1 Å². The minimum atomic E-state index is -0.290. The summed E-state index contributed by atoms with van der Waals surface area (Å²) in [5.74, 6) is 1.44. The molecule has 0 bridgehead atoms. The van der Waals surface area contributed by atoms with E-state index in [-0.39, 0.29) is 5.82 Å². The molecule has 0 radical (unpaired) electrons. The first-order valence-corrected chi connectivity index (χ1v) is 19.0. The van der Waals surface area contributed by atoms with E-state index in [4.69, 9.17) is 15.0 Å². The summed E-state index contributed by atoms with van der Waals surface area (Å²) in [5.41, 5.74) is 10.9. The summed E-state index contributed by atoms with van der Waals surface area (Å²) in [5, 5.41) is 4.70. The van der Waals surface area contributed by atoms with Gasteiger partial charge in [0.1, 0.15) is 5.82 Å². The van der Waals surface area contributed by atoms with E-state index >= 15 is 0 Å². The Morgan fingerprint density at radius 2 is 0.895 bits per heavy atom. The van der Waals surface area contributed by atoms with Crippen LogP contribution in [-0.2, 0) is 0 Å². The van der Waals surface area contributed by atoms with E-state index in [2.05, 4.69) is 118 Å². The van der Waals surface area contributed by atoms with Gasteiger partial charge in [0.15, 0.2) is 17.5 Å². The van der Waals surface area contributed by atoms with E-state index in [0.717, 1.165) is 72.0 Å². The number of hydrogen-bond donors (Lipinski definition) is 0. The van der Waals surface area contributed by atoms with Gasteiger partial charge in [-0.1, -0.05) is 133 Å². The Morgan fingerprint density at radius 3 is 1.54 bits per heavy atom. The van der Waals surface area contributed by atoms with E-state index in [9.17, 15) is 4.39 Å². The second-order valence-electron chi connectivity index (χ2n) is 14.2. The molecule has 11 aromatic rings. The average Bonchev–Trinajstić information content (AvgIpc) is 3.80. The van der Waals surface area contributed by atoms with E-state index in [0.29, 0.717) is 17.5 Å². The highest BCUT2D eigenvalue weighted by Crippen LogP contribution is 2.44. The summed E-state index contributed by atoms with van der Waals surface area (Å²) < 4.78 is 19.3. The van der Waals surface area contributed by atoms with Crippen molar-refractivity contribution in [2.45, 2.75) is 0 Å². The van der Waals surface area contributed by atoms with E-state index in [1.54, 1.807) is 0 Å². The summed E-state index contributed by atoms with van der Waals surface area (Å²) in [6, 6.07) is 65.3. The molecule has 0 atom stereocenters. The fourth-order valence-corrected chi connectivity index (χ4v) is 8.28. The van der Waals surface area contributed by atoms with Crippen molar-refractivity contribution in [1.29, 1.82) is 0 Å². The third kappa shape index (κ3) is 5.41. The SMILES string of the molecule is Fc1ccc(-c2cc(-c3nc(-c4ccccc4)nc(-c4ccccc4)n3)ccc2-n2c3ccccc3c3c2ccc2c4ccccc4n(-c4ccccc4)c23)cc1. The molecule has 0 saturated carbocycles. The molecular weight excluding hydrogens is 702 g/mol. The number of fused-ring (bicyclic) bond motifs is 7. The van der Waals surface area contributed by atoms with Crippen LogP contribution in [0.1, 0.15) is 0 Å². The van der Waals surface area contributed by atoms with Gasteiger partial charge in [0, 0.05) is 49.5 Å². The predicted octanol–water partition coefficient (Wildman–Crippen LogP) is 12.9. The summed E-state index contributed by atoms with van der Waals surface area (Å²) >= 11 is 0. The molecule has 0 aliphatic rings. The second kappa shape index (κ2) is 13.3. The fourth-order valence-electron chi connectivity index (χ4n) is 8.28. The van der Waals surface area contributed by atoms with Gasteiger partial charge in [-0.05, 0) is 66.2 Å². The lowest BCUT2D eigenvalue weighted by Gasteiger charge is -2.16. The zero-order valence-corrected chi connectivity index (χ0v) is 30.6. The molecular formula is C51H32FN5. The normalized spacial score (nSPS) is 11.6. The van der Waals surface area contributed by atoms with Crippen molar-refractivity contribution in [2.24, 2.45) is 0 Å². The van der Waals surface area contributed by atoms with Gasteiger partial charge in [-0.15, -0.1) is 0 Å². The number of nitrogens with zero attached hydrogens (tertiary/aromatic N) is 5. The largest absolute Gasteiger partial charge is 0.309 e. The molecule has 0 spiro atoms. The van der Waals surface area contributed by atoms with Gasteiger partial charge in [-0.2, -0.15) is 0 Å². The third-order valence-electron chi connectivity index (χ3n) is 10.8. The molecule has 0 fully saturated rings. The van der Waals surface area contributed by atoms with Crippen molar-refractivity contribution in [3.05, 3.63) is 200 Å². The zero-order chi connectivity index (χ0) is 37.9. The van der Waals surface area contributed by atoms with Crippen LogP contribution in [0.25, 0.3) is 100 Å². The Morgan fingerprint density at radius 1 is 0.368 bits per heavy atom. The van der Waals surface area contributed by atoms with Crippen LogP contribution < -0.4 is 0 Å². The van der Waals surface area contributed by atoms with E-state index < -0.39 is 0 Å². The fraction of sp³-hybridized carbons (Fsp3) is 0. The topological polar surface area (TPSA) is 48.5 Å². The maximum atomic E-state index is 14.5. The Bertz CT molecular complexity index is 3220. The van der Waals surface area contributed by atoms with Gasteiger partial charge < -0.3 is 9.13 Å². The maximum Gasteiger partial charge on any atom is 0.164 e. The van der Waals surface area contributed by atoms with Crippen molar-refractivity contribution in [3.8, 4) is 56.7 Å². The smallest absolute Gasteiger partial charge is 0.164 e. The molecule has 3 aromatic heterocycles. The highest BCUT2D eigenvalue weighted by Gasteiger charge is 2.23. The van der Waals surface area contributed by atoms with Crippen LogP contribution in [0.3, 0.4) is 0 Å². The maximum absolute atomic E-state index is 14.5. The molecule has 57 heavy (non-hydrogen) atoms. The number of aromatic nitrogens is 5. The Balaban J connectivity index is 1.20. The minimum Gasteiger partial charge on any atom is -0.309 e. The lowest BCUT2D eigenvalue weighted by atomic mass is 9.99. The Kier molecular flexibility index (Phi) is 7.60. The first-order chi connectivity index (χ1) is 28.2. The number of hydrogen-bond acceptors (Lipinski definition) is 3. The third-order valence-corrected chi connectivity index (χ3v) is 10.8. The van der Waals surface area contributed by atoms with Crippen molar-refractivity contribution < 1.29 is 4.39 Å². The molecule has 0 amide bonds. The first kappa shape index (κ1) is 32.7. The molecule has 6 heteroatoms. The van der Waals surface area contributed by atoms with Crippen LogP contribution >= 0.6 is 0 Å². The van der Waals surface area contributed by atoms with Crippen LogP contribution in [0.2, 0.25) is 0 Å². The van der Waals surface area contributed by atoms with Crippen LogP contribution in [0.4, 0.5) is 4.39 Å². The Hall–Kier alpha value is -7.70. The van der Waals surface area contributed by atoms with Crippen molar-refractivity contribution in [2.75, 3.05) is 0 Å². The molecule has 8 aromatic carbocycles.